The minimum Gasteiger partial charge on any atom is -0.310 e. The second kappa shape index (κ2) is 14.7. The van der Waals surface area contributed by atoms with Gasteiger partial charge in [-0.15, -0.1) is 0 Å². The standard InChI is InChI=1S/C65H48N2/c1-5-7-19-44(6-2)67-60-30-17-12-24-51(60)54-41-46(37-39-61(54)67)66(62-31-18-25-52-49-22-8-13-26-55(49)64(3,4)63(52)62)45-35-32-42(33-36-45)43-34-38-59-53(40-43)50-23-11-16-29-58(50)65(59)56-27-14-9-20-47(56)48-21-10-15-28-57(48)65/h5-41H,2H2,1,3-4H3/b7-5-,44-19+. The SMILES string of the molecule is C=C/C(=C\C=C/C)n1c2ccccc2c2cc(N(c3ccc(-c4ccc5c(c4)-c4ccccc4C54c5ccccc5-c5ccccc54)cc3)c3cccc4c3C(C)(C)c3ccccc3-4)ccc21. The highest BCUT2D eigenvalue weighted by Crippen LogP contribution is 2.63. The normalized spacial score (nSPS) is 14.5. The molecule has 3 aliphatic rings. The molecule has 318 valence electrons. The Balaban J connectivity index is 0.979. The van der Waals surface area contributed by atoms with Gasteiger partial charge in [-0.2, -0.15) is 0 Å². The number of benzene rings is 9. The molecule has 0 aliphatic heterocycles. The van der Waals surface area contributed by atoms with Crippen molar-refractivity contribution in [2.45, 2.75) is 31.6 Å². The molecule has 2 nitrogen and oxygen atoms in total. The van der Waals surface area contributed by atoms with Crippen LogP contribution < -0.4 is 4.90 Å². The molecule has 0 atom stereocenters. The number of nitrogens with zero attached hydrogens (tertiary/aromatic N) is 2. The van der Waals surface area contributed by atoms with Crippen molar-refractivity contribution in [1.82, 2.24) is 4.57 Å². The van der Waals surface area contributed by atoms with Crippen LogP contribution >= 0.6 is 0 Å². The van der Waals surface area contributed by atoms with Crippen LogP contribution in [-0.2, 0) is 10.8 Å². The van der Waals surface area contributed by atoms with Crippen LogP contribution in [0.5, 0.6) is 0 Å². The lowest BCUT2D eigenvalue weighted by Gasteiger charge is -2.32. The fraction of sp³-hybridized carbons (Fsp3) is 0.0769. The molecule has 10 aromatic rings. The van der Waals surface area contributed by atoms with Crippen molar-refractivity contribution < 1.29 is 0 Å². The van der Waals surface area contributed by atoms with Crippen LogP contribution in [0.15, 0.2) is 231 Å². The van der Waals surface area contributed by atoms with Gasteiger partial charge in [-0.25, -0.2) is 0 Å². The average Bonchev–Trinajstić information content (AvgIpc) is 4.05. The van der Waals surface area contributed by atoms with E-state index in [1.165, 1.54) is 94.3 Å². The molecule has 9 aromatic carbocycles. The number of hydrogen-bond donors (Lipinski definition) is 0. The molecule has 1 heterocycles. The van der Waals surface area contributed by atoms with Crippen molar-refractivity contribution in [3.8, 4) is 44.5 Å². The second-order valence-electron chi connectivity index (χ2n) is 18.8. The van der Waals surface area contributed by atoms with E-state index in [0.29, 0.717) is 0 Å². The van der Waals surface area contributed by atoms with Gasteiger partial charge in [0.2, 0.25) is 0 Å². The van der Waals surface area contributed by atoms with Crippen LogP contribution in [0.3, 0.4) is 0 Å². The summed E-state index contributed by atoms with van der Waals surface area (Å²) < 4.78 is 2.33. The summed E-state index contributed by atoms with van der Waals surface area (Å²) in [6.45, 7) is 11.0. The zero-order valence-electron chi connectivity index (χ0n) is 38.0. The Morgan fingerprint density at radius 3 is 1.69 bits per heavy atom. The highest BCUT2D eigenvalue weighted by molar-refractivity contribution is 6.12. The van der Waals surface area contributed by atoms with Gasteiger partial charge in [-0.1, -0.05) is 184 Å². The van der Waals surface area contributed by atoms with Crippen LogP contribution in [0.25, 0.3) is 72.0 Å². The predicted octanol–water partition coefficient (Wildman–Crippen LogP) is 17.2. The summed E-state index contributed by atoms with van der Waals surface area (Å²) in [5.74, 6) is 0. The fourth-order valence-electron chi connectivity index (χ4n) is 12.3. The molecular weight excluding hydrogens is 809 g/mol. The van der Waals surface area contributed by atoms with E-state index in [-0.39, 0.29) is 10.8 Å². The number of hydrogen-bond acceptors (Lipinski definition) is 1. The third-order valence-electron chi connectivity index (χ3n) is 15.1. The van der Waals surface area contributed by atoms with E-state index in [2.05, 4.69) is 248 Å². The molecule has 2 heteroatoms. The third-order valence-corrected chi connectivity index (χ3v) is 15.1. The molecule has 13 rings (SSSR count). The van der Waals surface area contributed by atoms with E-state index in [0.717, 1.165) is 28.1 Å². The first-order valence-corrected chi connectivity index (χ1v) is 23.5. The Bertz CT molecular complexity index is 3710. The highest BCUT2D eigenvalue weighted by Gasteiger charge is 2.51. The smallest absolute Gasteiger partial charge is 0.0725 e. The van der Waals surface area contributed by atoms with E-state index in [9.17, 15) is 0 Å². The number of aromatic nitrogens is 1. The summed E-state index contributed by atoms with van der Waals surface area (Å²) in [5.41, 5.74) is 24.6. The van der Waals surface area contributed by atoms with E-state index in [1.807, 2.05) is 13.0 Å². The van der Waals surface area contributed by atoms with Crippen molar-refractivity contribution >= 4 is 44.6 Å². The molecule has 0 saturated carbocycles. The predicted molar refractivity (Wildman–Crippen MR) is 283 cm³/mol. The summed E-state index contributed by atoms with van der Waals surface area (Å²) >= 11 is 0. The highest BCUT2D eigenvalue weighted by atomic mass is 15.1. The Hall–Kier alpha value is -8.20. The summed E-state index contributed by atoms with van der Waals surface area (Å²) in [5, 5.41) is 2.40. The molecule has 1 spiro atoms. The van der Waals surface area contributed by atoms with Gasteiger partial charge in [0.1, 0.15) is 0 Å². The Kier molecular flexibility index (Phi) is 8.57. The van der Waals surface area contributed by atoms with Gasteiger partial charge in [0.15, 0.2) is 0 Å². The molecule has 0 radical (unpaired) electrons. The van der Waals surface area contributed by atoms with Crippen molar-refractivity contribution in [2.75, 3.05) is 4.90 Å². The number of para-hydroxylation sites is 1. The van der Waals surface area contributed by atoms with Crippen molar-refractivity contribution in [2.24, 2.45) is 0 Å². The first-order chi connectivity index (χ1) is 32.9. The van der Waals surface area contributed by atoms with E-state index in [1.54, 1.807) is 0 Å². The molecular formula is C65H48N2. The van der Waals surface area contributed by atoms with Gasteiger partial charge in [-0.3, -0.25) is 0 Å². The minimum atomic E-state index is -0.352. The van der Waals surface area contributed by atoms with Crippen molar-refractivity contribution in [3.63, 3.8) is 0 Å². The maximum atomic E-state index is 4.23. The number of fused-ring (bicyclic) bond motifs is 16. The molecule has 67 heavy (non-hydrogen) atoms. The second-order valence-corrected chi connectivity index (χ2v) is 18.8. The molecule has 1 aromatic heterocycles. The first kappa shape index (κ1) is 39.2. The van der Waals surface area contributed by atoms with E-state index >= 15 is 0 Å². The van der Waals surface area contributed by atoms with E-state index in [4.69, 9.17) is 0 Å². The molecule has 0 saturated heterocycles. The molecule has 3 aliphatic carbocycles. The minimum absolute atomic E-state index is 0.213. The zero-order chi connectivity index (χ0) is 45.0. The van der Waals surface area contributed by atoms with Crippen LogP contribution in [0.2, 0.25) is 0 Å². The van der Waals surface area contributed by atoms with Crippen molar-refractivity contribution in [3.05, 3.63) is 264 Å². The van der Waals surface area contributed by atoms with E-state index < -0.39 is 0 Å². The van der Waals surface area contributed by atoms with Gasteiger partial charge < -0.3 is 9.47 Å². The maximum absolute atomic E-state index is 4.23. The van der Waals surface area contributed by atoms with Crippen LogP contribution in [0.4, 0.5) is 17.1 Å². The fourth-order valence-corrected chi connectivity index (χ4v) is 12.3. The largest absolute Gasteiger partial charge is 0.310 e. The number of anilines is 3. The third kappa shape index (κ3) is 5.39. The maximum Gasteiger partial charge on any atom is 0.0725 e. The van der Waals surface area contributed by atoms with Crippen LogP contribution in [0.1, 0.15) is 54.2 Å². The Labute approximate surface area is 392 Å². The molecule has 0 fully saturated rings. The van der Waals surface area contributed by atoms with Crippen molar-refractivity contribution in [1.29, 1.82) is 0 Å². The molecule has 0 unspecified atom stereocenters. The van der Waals surface area contributed by atoms with Gasteiger partial charge in [0.25, 0.3) is 0 Å². The molecule has 0 amide bonds. The Morgan fingerprint density at radius 2 is 1.01 bits per heavy atom. The summed E-state index contributed by atoms with van der Waals surface area (Å²) in [6, 6.07) is 75.1. The average molecular weight is 857 g/mol. The van der Waals surface area contributed by atoms with Crippen LogP contribution in [0, 0.1) is 0 Å². The lowest BCUT2D eigenvalue weighted by atomic mass is 9.70. The summed E-state index contributed by atoms with van der Waals surface area (Å²) in [7, 11) is 0. The van der Waals surface area contributed by atoms with Crippen LogP contribution in [-0.4, -0.2) is 4.57 Å². The summed E-state index contributed by atoms with van der Waals surface area (Å²) in [6.07, 6.45) is 8.23. The van der Waals surface area contributed by atoms with Gasteiger partial charge in [0, 0.05) is 33.3 Å². The topological polar surface area (TPSA) is 8.17 Å². The Morgan fingerprint density at radius 1 is 0.478 bits per heavy atom. The quantitative estimate of drug-likeness (QED) is 0.145. The van der Waals surface area contributed by atoms with Gasteiger partial charge in [0.05, 0.1) is 22.1 Å². The first-order valence-electron chi connectivity index (χ1n) is 23.5. The number of allylic oxidation sites excluding steroid dienone is 5. The lowest BCUT2D eigenvalue weighted by Crippen LogP contribution is -2.25. The van der Waals surface area contributed by atoms with Gasteiger partial charge in [-0.05, 0) is 145 Å². The lowest BCUT2D eigenvalue weighted by molar-refractivity contribution is 0.661. The summed E-state index contributed by atoms with van der Waals surface area (Å²) in [4.78, 5) is 2.49. The zero-order valence-corrected chi connectivity index (χ0v) is 38.0. The van der Waals surface area contributed by atoms with Gasteiger partial charge >= 0.3 is 0 Å². The molecule has 0 N–H and O–H groups in total. The molecule has 0 bridgehead atoms. The number of rotatable bonds is 7. The monoisotopic (exact) mass is 856 g/mol.